The van der Waals surface area contributed by atoms with Crippen molar-refractivity contribution in [3.8, 4) is 0 Å². The molecule has 0 atom stereocenters. The fourth-order valence-electron chi connectivity index (χ4n) is 0.615. The number of carbonyl (C=O) groups excluding carboxylic acids is 1. The first-order valence-electron chi connectivity index (χ1n) is 3.34. The molecule has 0 unspecified atom stereocenters. The van der Waals surface area contributed by atoms with E-state index in [0.29, 0.717) is 0 Å². The average molecular weight is 171 g/mol. The molecule has 0 saturated carbocycles. The summed E-state index contributed by atoms with van der Waals surface area (Å²) < 4.78 is 2.03. The maximum Gasteiger partial charge on any atom is 0.378 e. The molecule has 1 aromatic rings. The summed E-state index contributed by atoms with van der Waals surface area (Å²) in [5.74, 6) is -0.147. The van der Waals surface area contributed by atoms with E-state index in [9.17, 15) is 9.59 Å². The molecule has 0 amide bonds. The largest absolute Gasteiger partial charge is 0.400 e. The third-order valence-electron chi connectivity index (χ3n) is 1.20. The predicted octanol–water partition coefficient (Wildman–Crippen LogP) is -1.40. The van der Waals surface area contributed by atoms with Crippen LogP contribution in [0, 0.1) is 0 Å². The van der Waals surface area contributed by atoms with Gasteiger partial charge >= 0.3 is 5.69 Å². The molecule has 1 aromatic heterocycles. The van der Waals surface area contributed by atoms with Gasteiger partial charge in [0.05, 0.1) is 0 Å². The molecule has 6 heteroatoms. The Morgan fingerprint density at radius 2 is 2.42 bits per heavy atom. The summed E-state index contributed by atoms with van der Waals surface area (Å²) in [7, 11) is 1.50. The highest BCUT2D eigenvalue weighted by molar-refractivity contribution is 5.76. The van der Waals surface area contributed by atoms with Crippen LogP contribution in [0.15, 0.2) is 11.1 Å². The molecule has 12 heavy (non-hydrogen) atoms. The Hall–Kier alpha value is -1.59. The van der Waals surface area contributed by atoms with Crippen molar-refractivity contribution in [2.75, 3.05) is 6.61 Å². The molecular formula is C6H9N3O3. The molecule has 0 fully saturated rings. The molecule has 0 aliphatic carbocycles. The van der Waals surface area contributed by atoms with Gasteiger partial charge in [0, 0.05) is 7.05 Å². The number of aromatic nitrogens is 3. The Kier molecular flexibility index (Phi) is 2.27. The minimum absolute atomic E-state index is 0.119. The lowest BCUT2D eigenvalue weighted by Crippen LogP contribution is -2.29. The summed E-state index contributed by atoms with van der Waals surface area (Å²) in [5, 5.41) is 3.62. The van der Waals surface area contributed by atoms with E-state index >= 15 is 0 Å². The monoisotopic (exact) mass is 171 g/mol. The smallest absolute Gasteiger partial charge is 0.378 e. The molecule has 0 aromatic carbocycles. The minimum atomic E-state index is -0.406. The number of Topliss-reactive ketones (excluding diaryl/α,β-unsaturated/α-hetero) is 1. The van der Waals surface area contributed by atoms with Gasteiger partial charge in [0.1, 0.15) is 0 Å². The topological polar surface area (TPSA) is 66.1 Å². The fraction of sp³-hybridized carbons (Fsp3) is 0.500. The first-order valence-corrected chi connectivity index (χ1v) is 3.34. The summed E-state index contributed by atoms with van der Waals surface area (Å²) >= 11 is 0. The van der Waals surface area contributed by atoms with Crippen LogP contribution in [-0.2, 0) is 11.8 Å². The molecule has 66 valence electrons. The van der Waals surface area contributed by atoms with Crippen molar-refractivity contribution in [2.45, 2.75) is 6.92 Å². The van der Waals surface area contributed by atoms with E-state index < -0.39 is 5.69 Å². The molecule has 1 rings (SSSR count). The first-order chi connectivity index (χ1) is 5.61. The molecule has 0 bridgehead atoms. The lowest BCUT2D eigenvalue weighted by molar-refractivity contribution is -0.121. The van der Waals surface area contributed by atoms with Crippen LogP contribution in [0.3, 0.4) is 0 Å². The van der Waals surface area contributed by atoms with Gasteiger partial charge in [0.2, 0.25) is 0 Å². The normalized spacial score (nSPS) is 9.83. The van der Waals surface area contributed by atoms with Gasteiger partial charge in [-0.3, -0.25) is 4.79 Å². The van der Waals surface area contributed by atoms with Gasteiger partial charge in [0.15, 0.2) is 18.7 Å². The Morgan fingerprint density at radius 1 is 1.75 bits per heavy atom. The van der Waals surface area contributed by atoms with Crippen LogP contribution in [-0.4, -0.2) is 26.9 Å². The van der Waals surface area contributed by atoms with E-state index in [-0.39, 0.29) is 12.4 Å². The van der Waals surface area contributed by atoms with E-state index in [1.165, 1.54) is 20.3 Å². The number of hydrogen-bond donors (Lipinski definition) is 0. The Morgan fingerprint density at radius 3 is 2.83 bits per heavy atom. The third kappa shape index (κ3) is 1.71. The summed E-state index contributed by atoms with van der Waals surface area (Å²) in [5.41, 5.74) is -0.406. The second-order valence-electron chi connectivity index (χ2n) is 2.34. The predicted molar refractivity (Wildman–Crippen MR) is 39.6 cm³/mol. The number of nitrogens with zero attached hydrogens (tertiary/aromatic N) is 3. The van der Waals surface area contributed by atoms with E-state index in [2.05, 4.69) is 5.10 Å². The number of hydrogen-bond acceptors (Lipinski definition) is 4. The number of carbonyl (C=O) groups is 1. The zero-order chi connectivity index (χ0) is 9.14. The van der Waals surface area contributed by atoms with Crippen LogP contribution >= 0.6 is 0 Å². The van der Waals surface area contributed by atoms with Gasteiger partial charge in [-0.15, -0.1) is 4.73 Å². The molecule has 0 N–H and O–H groups in total. The Bertz CT molecular complexity index is 338. The fourth-order valence-corrected chi connectivity index (χ4v) is 0.615. The highest BCUT2D eigenvalue weighted by Gasteiger charge is 2.01. The molecule has 0 saturated heterocycles. The maximum atomic E-state index is 11.0. The molecule has 1 heterocycles. The van der Waals surface area contributed by atoms with Gasteiger partial charge in [-0.25, -0.2) is 9.48 Å². The van der Waals surface area contributed by atoms with Crippen molar-refractivity contribution in [3.05, 3.63) is 16.8 Å². The first kappa shape index (κ1) is 8.51. The second-order valence-corrected chi connectivity index (χ2v) is 2.34. The van der Waals surface area contributed by atoms with Crippen molar-refractivity contribution in [1.82, 2.24) is 14.5 Å². The van der Waals surface area contributed by atoms with Crippen molar-refractivity contribution in [2.24, 2.45) is 7.05 Å². The van der Waals surface area contributed by atoms with Crippen LogP contribution in [0.1, 0.15) is 6.92 Å². The van der Waals surface area contributed by atoms with Crippen molar-refractivity contribution < 1.29 is 9.63 Å². The Balaban J connectivity index is 2.70. The number of ketones is 1. The number of aryl methyl sites for hydroxylation is 1. The van der Waals surface area contributed by atoms with Crippen LogP contribution in [0.4, 0.5) is 0 Å². The molecule has 0 aliphatic rings. The summed E-state index contributed by atoms with van der Waals surface area (Å²) in [6.07, 6.45) is 1.21. The van der Waals surface area contributed by atoms with Crippen LogP contribution in [0.5, 0.6) is 0 Å². The highest BCUT2D eigenvalue weighted by atomic mass is 16.7. The van der Waals surface area contributed by atoms with Crippen LogP contribution in [0.2, 0.25) is 0 Å². The van der Waals surface area contributed by atoms with Gasteiger partial charge in [-0.05, 0) is 6.92 Å². The summed E-state index contributed by atoms with van der Waals surface area (Å²) in [4.78, 5) is 26.3. The molecular weight excluding hydrogens is 162 g/mol. The zero-order valence-electron chi connectivity index (χ0n) is 6.85. The molecule has 6 nitrogen and oxygen atoms in total. The molecule has 0 spiro atoms. The van der Waals surface area contributed by atoms with Crippen molar-refractivity contribution in [1.29, 1.82) is 0 Å². The quantitative estimate of drug-likeness (QED) is 0.561. The van der Waals surface area contributed by atoms with Gasteiger partial charge < -0.3 is 4.84 Å². The minimum Gasteiger partial charge on any atom is -0.400 e. The van der Waals surface area contributed by atoms with E-state index in [1.54, 1.807) is 0 Å². The maximum absolute atomic E-state index is 11.0. The van der Waals surface area contributed by atoms with Crippen LogP contribution < -0.4 is 10.5 Å². The number of rotatable bonds is 3. The lowest BCUT2D eigenvalue weighted by Gasteiger charge is -1.99. The van der Waals surface area contributed by atoms with Crippen molar-refractivity contribution >= 4 is 5.78 Å². The average Bonchev–Trinajstić information content (AvgIpc) is 2.30. The Labute approximate surface area is 68.3 Å². The highest BCUT2D eigenvalue weighted by Crippen LogP contribution is 1.73. The third-order valence-corrected chi connectivity index (χ3v) is 1.20. The van der Waals surface area contributed by atoms with E-state index in [4.69, 9.17) is 4.84 Å². The molecule has 0 radical (unpaired) electrons. The van der Waals surface area contributed by atoms with E-state index in [1.807, 2.05) is 0 Å². The van der Waals surface area contributed by atoms with Gasteiger partial charge in [0.25, 0.3) is 0 Å². The van der Waals surface area contributed by atoms with Gasteiger partial charge in [-0.1, -0.05) is 0 Å². The SMILES string of the molecule is CC(=O)COn1cnn(C)c1=O. The van der Waals surface area contributed by atoms with Crippen molar-refractivity contribution in [3.63, 3.8) is 0 Å². The zero-order valence-corrected chi connectivity index (χ0v) is 6.85. The molecule has 0 aliphatic heterocycles. The van der Waals surface area contributed by atoms with Crippen LogP contribution in [0.25, 0.3) is 0 Å². The van der Waals surface area contributed by atoms with Gasteiger partial charge in [-0.2, -0.15) is 5.10 Å². The van der Waals surface area contributed by atoms with E-state index in [0.717, 1.165) is 9.41 Å². The lowest BCUT2D eigenvalue weighted by atomic mass is 10.5. The summed E-state index contributed by atoms with van der Waals surface area (Å²) in [6, 6.07) is 0. The standard InChI is InChI=1S/C6H9N3O3/c1-5(10)3-12-9-4-7-8(2)6(9)11/h4H,3H2,1-2H3. The summed E-state index contributed by atoms with van der Waals surface area (Å²) in [6.45, 7) is 1.26. The second kappa shape index (κ2) is 3.21.